The Morgan fingerprint density at radius 2 is 2.00 bits per heavy atom. The summed E-state index contributed by atoms with van der Waals surface area (Å²) in [7, 11) is 0. The fraction of sp³-hybridized carbons (Fsp3) is 0.571. The van der Waals surface area contributed by atoms with Crippen molar-refractivity contribution in [1.82, 2.24) is 5.32 Å². The maximum atomic E-state index is 6.29. The zero-order chi connectivity index (χ0) is 13.8. The maximum absolute atomic E-state index is 6.29. The van der Waals surface area contributed by atoms with Crippen molar-refractivity contribution in [2.75, 3.05) is 6.54 Å². The molecule has 1 atom stereocenters. The lowest BCUT2D eigenvalue weighted by Crippen LogP contribution is -2.26. The molecule has 0 bridgehead atoms. The summed E-state index contributed by atoms with van der Waals surface area (Å²) in [5.74, 6) is 0. The van der Waals surface area contributed by atoms with Gasteiger partial charge in [-0.05, 0) is 29.5 Å². The maximum Gasteiger partial charge on any atom is 0.0465 e. The first-order valence-electron chi connectivity index (χ1n) is 6.06. The van der Waals surface area contributed by atoms with Gasteiger partial charge in [0.2, 0.25) is 0 Å². The summed E-state index contributed by atoms with van der Waals surface area (Å²) < 4.78 is 0.999. The third kappa shape index (κ3) is 6.42. The van der Waals surface area contributed by atoms with E-state index < -0.39 is 0 Å². The Kier molecular flexibility index (Phi) is 6.46. The SMILES string of the molecule is CC(C)(C)CC(Cl)CNCc1ccc(Br)cc1Cl. The molecule has 18 heavy (non-hydrogen) atoms. The summed E-state index contributed by atoms with van der Waals surface area (Å²) in [5.41, 5.74) is 1.36. The van der Waals surface area contributed by atoms with E-state index in [9.17, 15) is 0 Å². The van der Waals surface area contributed by atoms with Gasteiger partial charge in [0, 0.05) is 28.0 Å². The molecule has 0 radical (unpaired) electrons. The van der Waals surface area contributed by atoms with Crippen molar-refractivity contribution in [2.45, 2.75) is 39.1 Å². The molecule has 0 aromatic heterocycles. The van der Waals surface area contributed by atoms with Gasteiger partial charge in [-0.25, -0.2) is 0 Å². The first kappa shape index (κ1) is 16.3. The van der Waals surface area contributed by atoms with Crippen molar-refractivity contribution in [3.05, 3.63) is 33.3 Å². The highest BCUT2D eigenvalue weighted by Gasteiger charge is 2.16. The van der Waals surface area contributed by atoms with Gasteiger partial charge in [0.25, 0.3) is 0 Å². The molecule has 0 aliphatic rings. The van der Waals surface area contributed by atoms with Crippen LogP contribution in [0.25, 0.3) is 0 Å². The van der Waals surface area contributed by atoms with Crippen molar-refractivity contribution in [3.8, 4) is 0 Å². The minimum absolute atomic E-state index is 0.152. The smallest absolute Gasteiger partial charge is 0.0465 e. The van der Waals surface area contributed by atoms with Crippen LogP contribution >= 0.6 is 39.1 Å². The third-order valence-corrected chi connectivity index (χ3v) is 3.68. The fourth-order valence-corrected chi connectivity index (χ4v) is 3.08. The first-order valence-corrected chi connectivity index (χ1v) is 7.67. The van der Waals surface area contributed by atoms with Crippen LogP contribution in [-0.4, -0.2) is 11.9 Å². The second kappa shape index (κ2) is 7.14. The Hall–Kier alpha value is 0.240. The van der Waals surface area contributed by atoms with Gasteiger partial charge in [0.1, 0.15) is 0 Å². The molecule has 0 saturated heterocycles. The van der Waals surface area contributed by atoms with Gasteiger partial charge in [-0.2, -0.15) is 0 Å². The molecule has 1 aromatic rings. The second-order valence-electron chi connectivity index (χ2n) is 5.73. The van der Waals surface area contributed by atoms with Gasteiger partial charge in [-0.3, -0.25) is 0 Å². The van der Waals surface area contributed by atoms with Crippen LogP contribution in [-0.2, 0) is 6.54 Å². The van der Waals surface area contributed by atoms with Gasteiger partial charge >= 0.3 is 0 Å². The van der Waals surface area contributed by atoms with Crippen LogP contribution in [0.2, 0.25) is 5.02 Å². The minimum Gasteiger partial charge on any atom is -0.311 e. The number of alkyl halides is 1. The van der Waals surface area contributed by atoms with Gasteiger partial charge in [-0.1, -0.05) is 54.4 Å². The van der Waals surface area contributed by atoms with Crippen molar-refractivity contribution in [1.29, 1.82) is 0 Å². The van der Waals surface area contributed by atoms with Crippen LogP contribution in [0, 0.1) is 5.41 Å². The molecule has 102 valence electrons. The summed E-state index contributed by atoms with van der Waals surface area (Å²) in [6.45, 7) is 8.15. The summed E-state index contributed by atoms with van der Waals surface area (Å²) >= 11 is 15.8. The quantitative estimate of drug-likeness (QED) is 0.715. The Labute approximate surface area is 128 Å². The van der Waals surface area contributed by atoms with Crippen LogP contribution in [0.1, 0.15) is 32.8 Å². The number of hydrogen-bond donors (Lipinski definition) is 1. The van der Waals surface area contributed by atoms with Gasteiger partial charge < -0.3 is 5.32 Å². The average Bonchev–Trinajstić information content (AvgIpc) is 2.18. The monoisotopic (exact) mass is 351 g/mol. The average molecular weight is 353 g/mol. The molecule has 1 N–H and O–H groups in total. The Morgan fingerprint density at radius 1 is 1.33 bits per heavy atom. The molecule has 1 rings (SSSR count). The molecule has 0 spiro atoms. The Bertz CT molecular complexity index is 388. The van der Waals surface area contributed by atoms with Gasteiger partial charge in [-0.15, -0.1) is 11.6 Å². The lowest BCUT2D eigenvalue weighted by molar-refractivity contribution is 0.364. The number of rotatable bonds is 5. The second-order valence-corrected chi connectivity index (χ2v) is 7.67. The van der Waals surface area contributed by atoms with E-state index in [-0.39, 0.29) is 10.8 Å². The molecule has 1 nitrogen and oxygen atoms in total. The van der Waals surface area contributed by atoms with E-state index in [1.54, 1.807) is 0 Å². The summed E-state index contributed by atoms with van der Waals surface area (Å²) in [6.07, 6.45) is 0.996. The van der Waals surface area contributed by atoms with Crippen LogP contribution in [0.4, 0.5) is 0 Å². The lowest BCUT2D eigenvalue weighted by atomic mass is 9.90. The lowest BCUT2D eigenvalue weighted by Gasteiger charge is -2.22. The van der Waals surface area contributed by atoms with Gasteiger partial charge in [0.05, 0.1) is 0 Å². The van der Waals surface area contributed by atoms with E-state index in [2.05, 4.69) is 42.0 Å². The third-order valence-electron chi connectivity index (χ3n) is 2.53. The number of benzene rings is 1. The van der Waals surface area contributed by atoms with Crippen molar-refractivity contribution >= 4 is 39.1 Å². The van der Waals surface area contributed by atoms with Crippen LogP contribution in [0.15, 0.2) is 22.7 Å². The van der Waals surface area contributed by atoms with E-state index in [4.69, 9.17) is 23.2 Å². The molecule has 1 aromatic carbocycles. The zero-order valence-corrected chi connectivity index (χ0v) is 14.2. The van der Waals surface area contributed by atoms with Crippen molar-refractivity contribution < 1.29 is 0 Å². The summed E-state index contributed by atoms with van der Waals surface area (Å²) in [5, 5.41) is 4.28. The Morgan fingerprint density at radius 3 is 2.56 bits per heavy atom. The molecule has 4 heteroatoms. The highest BCUT2D eigenvalue weighted by atomic mass is 79.9. The minimum atomic E-state index is 0.152. The topological polar surface area (TPSA) is 12.0 Å². The standard InChI is InChI=1S/C14H20BrCl2N/c1-14(2,3)7-12(16)9-18-8-10-4-5-11(15)6-13(10)17/h4-6,12,18H,7-9H2,1-3H3. The van der Waals surface area contributed by atoms with Crippen molar-refractivity contribution in [3.63, 3.8) is 0 Å². The van der Waals surface area contributed by atoms with Crippen LogP contribution < -0.4 is 5.32 Å². The predicted molar refractivity (Wildman–Crippen MR) is 84.6 cm³/mol. The van der Waals surface area contributed by atoms with Gasteiger partial charge in [0.15, 0.2) is 0 Å². The molecule has 0 aliphatic carbocycles. The largest absolute Gasteiger partial charge is 0.311 e. The molecule has 0 aliphatic heterocycles. The molecular weight excluding hydrogens is 333 g/mol. The predicted octanol–water partition coefficient (Wildman–Crippen LogP) is 5.24. The summed E-state index contributed by atoms with van der Waals surface area (Å²) in [6, 6.07) is 5.93. The Balaban J connectivity index is 2.37. The number of halogens is 3. The normalized spacial score (nSPS) is 13.7. The molecule has 1 unspecified atom stereocenters. The summed E-state index contributed by atoms with van der Waals surface area (Å²) in [4.78, 5) is 0. The van der Waals surface area contributed by atoms with E-state index in [0.29, 0.717) is 0 Å². The molecule has 0 amide bonds. The van der Waals surface area contributed by atoms with E-state index in [1.807, 2.05) is 18.2 Å². The van der Waals surface area contributed by atoms with E-state index >= 15 is 0 Å². The van der Waals surface area contributed by atoms with E-state index in [0.717, 1.165) is 34.6 Å². The van der Waals surface area contributed by atoms with E-state index in [1.165, 1.54) is 0 Å². The molecule has 0 heterocycles. The van der Waals surface area contributed by atoms with Crippen LogP contribution in [0.3, 0.4) is 0 Å². The highest BCUT2D eigenvalue weighted by Crippen LogP contribution is 2.24. The molecule has 0 fully saturated rings. The van der Waals surface area contributed by atoms with Crippen molar-refractivity contribution in [2.24, 2.45) is 5.41 Å². The molecule has 0 saturated carbocycles. The first-order chi connectivity index (χ1) is 8.28. The molecular formula is C14H20BrCl2N. The number of nitrogens with one attached hydrogen (secondary N) is 1. The highest BCUT2D eigenvalue weighted by molar-refractivity contribution is 9.10. The zero-order valence-electron chi connectivity index (χ0n) is 11.1. The fourth-order valence-electron chi connectivity index (χ4n) is 1.77. The number of hydrogen-bond acceptors (Lipinski definition) is 1. The van der Waals surface area contributed by atoms with Crippen LogP contribution in [0.5, 0.6) is 0 Å².